The maximum absolute atomic E-state index is 11.7. The molecule has 0 heterocycles. The predicted octanol–water partition coefficient (Wildman–Crippen LogP) is 1.21. The zero-order valence-electron chi connectivity index (χ0n) is 10.0. The van der Waals surface area contributed by atoms with E-state index in [1.165, 1.54) is 0 Å². The Bertz CT molecular complexity index is 167. The maximum Gasteiger partial charge on any atom is 0.411 e. The third kappa shape index (κ3) is 15.6. The number of halogens is 3. The number of ether oxygens (including phenoxy) is 3. The van der Waals surface area contributed by atoms with Crippen molar-refractivity contribution in [3.63, 3.8) is 0 Å². The second-order valence-corrected chi connectivity index (χ2v) is 3.38. The lowest BCUT2D eigenvalue weighted by atomic mass is 10.5. The fourth-order valence-corrected chi connectivity index (χ4v) is 1.01. The average Bonchev–Trinajstić information content (AvgIpc) is 2.24. The van der Waals surface area contributed by atoms with Crippen LogP contribution in [0.15, 0.2) is 0 Å². The van der Waals surface area contributed by atoms with E-state index < -0.39 is 12.8 Å². The minimum absolute atomic E-state index is 0.0448. The van der Waals surface area contributed by atoms with Gasteiger partial charge in [-0.25, -0.2) is 0 Å². The molecule has 0 fully saturated rings. The number of alkyl halides is 3. The first kappa shape index (κ1) is 16.6. The molecular formula is C10H20F3NO3. The Morgan fingerprint density at radius 2 is 1.59 bits per heavy atom. The average molecular weight is 259 g/mol. The van der Waals surface area contributed by atoms with E-state index in [0.29, 0.717) is 32.9 Å². The molecule has 0 aromatic rings. The molecule has 0 aromatic heterocycles. The fourth-order valence-electron chi connectivity index (χ4n) is 1.01. The van der Waals surface area contributed by atoms with Gasteiger partial charge in [0.15, 0.2) is 0 Å². The molecule has 7 heteroatoms. The molecule has 4 nitrogen and oxygen atoms in total. The Morgan fingerprint density at radius 3 is 2.18 bits per heavy atom. The van der Waals surface area contributed by atoms with E-state index in [0.717, 1.165) is 6.42 Å². The lowest BCUT2D eigenvalue weighted by molar-refractivity contribution is -0.173. The van der Waals surface area contributed by atoms with E-state index >= 15 is 0 Å². The number of hydrogen-bond acceptors (Lipinski definition) is 4. The number of rotatable bonds is 11. The van der Waals surface area contributed by atoms with Gasteiger partial charge in [0.05, 0.1) is 13.2 Å². The topological polar surface area (TPSA) is 39.7 Å². The monoisotopic (exact) mass is 259 g/mol. The van der Waals surface area contributed by atoms with Crippen LogP contribution in [0.25, 0.3) is 0 Å². The van der Waals surface area contributed by atoms with Crippen molar-refractivity contribution in [2.75, 3.05) is 53.2 Å². The van der Waals surface area contributed by atoms with Crippen LogP contribution in [-0.4, -0.2) is 59.4 Å². The van der Waals surface area contributed by atoms with Gasteiger partial charge in [-0.1, -0.05) is 0 Å². The number of nitrogens with one attached hydrogen (secondary N) is 1. The first-order chi connectivity index (χ1) is 8.06. The van der Waals surface area contributed by atoms with Gasteiger partial charge in [-0.3, -0.25) is 0 Å². The molecule has 0 aromatic carbocycles. The summed E-state index contributed by atoms with van der Waals surface area (Å²) in [6, 6.07) is 0. The first-order valence-corrected chi connectivity index (χ1v) is 5.48. The molecule has 0 aliphatic rings. The van der Waals surface area contributed by atoms with Crippen molar-refractivity contribution in [2.45, 2.75) is 12.6 Å². The zero-order valence-corrected chi connectivity index (χ0v) is 10.0. The van der Waals surface area contributed by atoms with Crippen LogP contribution in [0.3, 0.4) is 0 Å². The highest BCUT2D eigenvalue weighted by Gasteiger charge is 2.27. The van der Waals surface area contributed by atoms with Crippen molar-refractivity contribution in [3.05, 3.63) is 0 Å². The van der Waals surface area contributed by atoms with Crippen molar-refractivity contribution in [2.24, 2.45) is 0 Å². The van der Waals surface area contributed by atoms with Gasteiger partial charge in [0.25, 0.3) is 0 Å². The van der Waals surface area contributed by atoms with Crippen LogP contribution in [-0.2, 0) is 14.2 Å². The summed E-state index contributed by atoms with van der Waals surface area (Å²) in [4.78, 5) is 0. The fraction of sp³-hybridized carbons (Fsp3) is 1.00. The minimum Gasteiger partial charge on any atom is -0.385 e. The third-order valence-corrected chi connectivity index (χ3v) is 1.75. The summed E-state index contributed by atoms with van der Waals surface area (Å²) in [5.74, 6) is 0. The highest BCUT2D eigenvalue weighted by Crippen LogP contribution is 2.13. The lowest BCUT2D eigenvalue weighted by Crippen LogP contribution is -2.26. The molecule has 0 saturated carbocycles. The van der Waals surface area contributed by atoms with Gasteiger partial charge in [0, 0.05) is 33.4 Å². The van der Waals surface area contributed by atoms with Gasteiger partial charge in [-0.05, 0) is 6.42 Å². The van der Waals surface area contributed by atoms with E-state index in [9.17, 15) is 13.2 Å². The largest absolute Gasteiger partial charge is 0.411 e. The highest BCUT2D eigenvalue weighted by molar-refractivity contribution is 4.48. The highest BCUT2D eigenvalue weighted by atomic mass is 19.4. The molecule has 0 bridgehead atoms. The van der Waals surface area contributed by atoms with Crippen molar-refractivity contribution in [1.29, 1.82) is 0 Å². The molecule has 104 valence electrons. The second-order valence-electron chi connectivity index (χ2n) is 3.38. The Balaban J connectivity index is 2.99. The van der Waals surface area contributed by atoms with Crippen molar-refractivity contribution >= 4 is 0 Å². The van der Waals surface area contributed by atoms with Crippen LogP contribution in [0.5, 0.6) is 0 Å². The summed E-state index contributed by atoms with van der Waals surface area (Å²) in [5, 5.41) is 2.91. The zero-order chi connectivity index (χ0) is 13.0. The normalized spacial score (nSPS) is 12.0. The van der Waals surface area contributed by atoms with E-state index in [1.54, 1.807) is 7.11 Å². The predicted molar refractivity (Wildman–Crippen MR) is 57.1 cm³/mol. The minimum atomic E-state index is -4.25. The van der Waals surface area contributed by atoms with E-state index in [2.05, 4.69) is 10.1 Å². The first-order valence-electron chi connectivity index (χ1n) is 5.48. The molecule has 0 spiro atoms. The summed E-state index contributed by atoms with van der Waals surface area (Å²) in [7, 11) is 1.63. The Hall–Kier alpha value is -0.370. The van der Waals surface area contributed by atoms with Gasteiger partial charge in [-0.2, -0.15) is 13.2 Å². The Morgan fingerprint density at radius 1 is 0.941 bits per heavy atom. The van der Waals surface area contributed by atoms with Crippen LogP contribution in [0.1, 0.15) is 6.42 Å². The van der Waals surface area contributed by atoms with E-state index in [4.69, 9.17) is 9.47 Å². The molecule has 1 N–H and O–H groups in total. The van der Waals surface area contributed by atoms with Crippen molar-refractivity contribution in [1.82, 2.24) is 5.32 Å². The summed E-state index contributed by atoms with van der Waals surface area (Å²) in [5.41, 5.74) is 0. The lowest BCUT2D eigenvalue weighted by Gasteiger charge is -2.08. The smallest absolute Gasteiger partial charge is 0.385 e. The molecule has 0 radical (unpaired) electrons. The van der Waals surface area contributed by atoms with Crippen LogP contribution in [0.2, 0.25) is 0 Å². The van der Waals surface area contributed by atoms with Crippen LogP contribution in [0.4, 0.5) is 13.2 Å². The summed E-state index contributed by atoms with van der Waals surface area (Å²) in [6.45, 7) is 1.66. The van der Waals surface area contributed by atoms with Gasteiger partial charge >= 0.3 is 6.18 Å². The molecule has 0 unspecified atom stereocenters. The SMILES string of the molecule is COCCCOCCNCCOCC(F)(F)F. The van der Waals surface area contributed by atoms with Crippen LogP contribution >= 0.6 is 0 Å². The van der Waals surface area contributed by atoms with Gasteiger partial charge < -0.3 is 19.5 Å². The standard InChI is InChI=1S/C10H20F3NO3/c1-15-5-2-6-16-7-3-14-4-8-17-9-10(11,12)13/h14H,2-9H2,1H3. The Kier molecular flexibility index (Phi) is 10.5. The van der Waals surface area contributed by atoms with E-state index in [-0.39, 0.29) is 6.61 Å². The quantitative estimate of drug-likeness (QED) is 0.566. The summed E-state index contributed by atoms with van der Waals surface area (Å²) >= 11 is 0. The molecule has 0 aliphatic heterocycles. The van der Waals surface area contributed by atoms with Crippen LogP contribution in [0, 0.1) is 0 Å². The number of hydrogen-bond donors (Lipinski definition) is 1. The molecule has 0 aliphatic carbocycles. The molecule has 0 atom stereocenters. The molecular weight excluding hydrogens is 239 g/mol. The van der Waals surface area contributed by atoms with Gasteiger partial charge in [0.1, 0.15) is 6.61 Å². The maximum atomic E-state index is 11.7. The number of methoxy groups -OCH3 is 1. The molecule has 0 rings (SSSR count). The second kappa shape index (κ2) is 10.8. The van der Waals surface area contributed by atoms with Gasteiger partial charge in [-0.15, -0.1) is 0 Å². The van der Waals surface area contributed by atoms with Crippen molar-refractivity contribution < 1.29 is 27.4 Å². The van der Waals surface area contributed by atoms with Crippen LogP contribution < -0.4 is 5.32 Å². The molecule has 0 amide bonds. The summed E-state index contributed by atoms with van der Waals surface area (Å²) < 4.78 is 49.5. The third-order valence-electron chi connectivity index (χ3n) is 1.75. The van der Waals surface area contributed by atoms with E-state index in [1.807, 2.05) is 0 Å². The molecule has 0 saturated heterocycles. The van der Waals surface area contributed by atoms with Crippen molar-refractivity contribution in [3.8, 4) is 0 Å². The summed E-state index contributed by atoms with van der Waals surface area (Å²) in [6.07, 6.45) is -3.41. The Labute approximate surface area is 99.4 Å². The molecule has 17 heavy (non-hydrogen) atoms. The van der Waals surface area contributed by atoms with Gasteiger partial charge in [0.2, 0.25) is 0 Å².